The average Bonchev–Trinajstić information content (AvgIpc) is 3.07. The number of aliphatic imine (C=N–C) groups is 1. The molecule has 0 unspecified atom stereocenters. The zero-order valence-corrected chi connectivity index (χ0v) is 30.3. The van der Waals surface area contributed by atoms with Crippen molar-refractivity contribution < 1.29 is 58.5 Å². The quantitative estimate of drug-likeness (QED) is 0.0220. The molecule has 0 saturated carbocycles. The van der Waals surface area contributed by atoms with Crippen LogP contribution in [0.5, 0.6) is 0 Å². The summed E-state index contributed by atoms with van der Waals surface area (Å²) in [4.78, 5) is 116. The Morgan fingerprint density at radius 3 is 1.52 bits per heavy atom. The summed E-state index contributed by atoms with van der Waals surface area (Å²) in [6.45, 7) is 2.74. The second-order valence-corrected chi connectivity index (χ2v) is 12.6. The zero-order chi connectivity index (χ0) is 41.7. The van der Waals surface area contributed by atoms with E-state index in [1.165, 1.54) is 6.92 Å². The minimum absolute atomic E-state index is 0.0124. The smallest absolute Gasteiger partial charge is 0.326 e. The van der Waals surface area contributed by atoms with E-state index in [0.717, 1.165) is 0 Å². The van der Waals surface area contributed by atoms with Crippen molar-refractivity contribution in [1.29, 1.82) is 0 Å². The lowest BCUT2D eigenvalue weighted by atomic mass is 10.0. The van der Waals surface area contributed by atoms with Crippen LogP contribution in [0.25, 0.3) is 0 Å². The first-order valence-corrected chi connectivity index (χ1v) is 16.8. The number of carbonyl (C=O) groups excluding carboxylic acids is 8. The molecule has 0 heterocycles. The number of hydrogen-bond donors (Lipinski definition) is 14. The van der Waals surface area contributed by atoms with E-state index in [4.69, 9.17) is 28.7 Å². The van der Waals surface area contributed by atoms with Crippen molar-refractivity contribution in [3.8, 4) is 0 Å². The third-order valence-corrected chi connectivity index (χ3v) is 7.36. The Kier molecular flexibility index (Phi) is 22.0. The maximum absolute atomic E-state index is 13.3. The fraction of sp³-hybridized carbons (Fsp3) is 0.667. The standard InChI is InChI=1S/C30H54N12O12/c1-13(2)9-17(25(49)37-14(3)23(47)38-16(29(53)54)5-4-8-36-30(34)35)39-26(50)18(10-22(33)46)40-27(51)20(12-44)42-28(52)19(11-43)41-24(48)15(31)6-7-21(32)45/h13-20,43-44H,4-12,31H2,1-3H3,(H2,32,45)(H2,33,46)(H,37,49)(H,38,47)(H,39,50)(H,40,51)(H,41,48)(H,42,52)(H,53,54)(H4,34,35,36)/t14-,15-,16-,17-,18-,19-,20-/m0/s1. The van der Waals surface area contributed by atoms with Crippen LogP contribution >= 0.6 is 0 Å². The van der Waals surface area contributed by atoms with Crippen molar-refractivity contribution in [2.45, 2.75) is 102 Å². The van der Waals surface area contributed by atoms with Crippen molar-refractivity contribution >= 4 is 59.2 Å². The van der Waals surface area contributed by atoms with Gasteiger partial charge in [0.05, 0.1) is 25.7 Å². The summed E-state index contributed by atoms with van der Waals surface area (Å²) < 4.78 is 0. The number of hydrogen-bond acceptors (Lipinski definition) is 13. The van der Waals surface area contributed by atoms with Gasteiger partial charge in [0.1, 0.15) is 36.3 Å². The van der Waals surface area contributed by atoms with Crippen molar-refractivity contribution in [3.63, 3.8) is 0 Å². The number of nitrogens with one attached hydrogen (secondary N) is 6. The first-order chi connectivity index (χ1) is 25.1. The molecule has 0 aliphatic rings. The second-order valence-electron chi connectivity index (χ2n) is 12.6. The van der Waals surface area contributed by atoms with Gasteiger partial charge >= 0.3 is 5.97 Å². The van der Waals surface area contributed by atoms with Gasteiger partial charge in [-0.15, -0.1) is 0 Å². The Labute approximate surface area is 310 Å². The third-order valence-electron chi connectivity index (χ3n) is 7.36. The molecule has 24 heteroatoms. The first-order valence-electron chi connectivity index (χ1n) is 16.8. The van der Waals surface area contributed by atoms with Crippen LogP contribution in [0.15, 0.2) is 4.99 Å². The van der Waals surface area contributed by atoms with Crippen molar-refractivity contribution in [3.05, 3.63) is 0 Å². The first kappa shape index (κ1) is 48.4. The molecule has 306 valence electrons. The number of carboxylic acids is 1. The molecular weight excluding hydrogens is 720 g/mol. The molecule has 7 atom stereocenters. The SMILES string of the molecule is CC(C)C[C@H](NC(=O)[C@H](CC(N)=O)NC(=O)[C@H](CO)NC(=O)[C@H](CO)NC(=O)[C@@H](N)CCC(N)=O)C(=O)N[C@@H](C)C(=O)N[C@@H](CCCN=C(N)N)C(=O)O. The number of amides is 8. The highest BCUT2D eigenvalue weighted by atomic mass is 16.4. The van der Waals surface area contributed by atoms with Crippen LogP contribution in [0.1, 0.15) is 59.3 Å². The van der Waals surface area contributed by atoms with Crippen molar-refractivity contribution in [1.82, 2.24) is 31.9 Å². The normalized spacial score (nSPS) is 14.7. The molecule has 24 nitrogen and oxygen atoms in total. The predicted molar refractivity (Wildman–Crippen MR) is 189 cm³/mol. The predicted octanol–water partition coefficient (Wildman–Crippen LogP) is -7.45. The summed E-state index contributed by atoms with van der Waals surface area (Å²) in [6, 6.07) is -10.5. The number of aliphatic hydroxyl groups is 2. The van der Waals surface area contributed by atoms with Gasteiger partial charge in [-0.05, 0) is 38.5 Å². The van der Waals surface area contributed by atoms with E-state index in [2.05, 4.69) is 36.9 Å². The molecule has 0 aromatic rings. The fourth-order valence-electron chi connectivity index (χ4n) is 4.46. The number of primary amides is 2. The van der Waals surface area contributed by atoms with Crippen LogP contribution in [0.2, 0.25) is 0 Å². The lowest BCUT2D eigenvalue weighted by Crippen LogP contribution is -2.61. The van der Waals surface area contributed by atoms with Crippen LogP contribution in [-0.2, 0) is 43.2 Å². The molecule has 0 rings (SSSR count). The van der Waals surface area contributed by atoms with Gasteiger partial charge in [-0.1, -0.05) is 13.8 Å². The number of aliphatic carboxylic acids is 1. The van der Waals surface area contributed by atoms with Gasteiger partial charge in [0, 0.05) is 13.0 Å². The van der Waals surface area contributed by atoms with Crippen molar-refractivity contribution in [2.24, 2.45) is 39.6 Å². The van der Waals surface area contributed by atoms with E-state index in [1.807, 2.05) is 0 Å². The van der Waals surface area contributed by atoms with E-state index >= 15 is 0 Å². The number of nitrogens with zero attached hydrogens (tertiary/aromatic N) is 1. The summed E-state index contributed by atoms with van der Waals surface area (Å²) in [6.07, 6.45) is -1.06. The minimum Gasteiger partial charge on any atom is -0.480 e. The molecule has 0 aromatic heterocycles. The van der Waals surface area contributed by atoms with Gasteiger partial charge in [0.2, 0.25) is 47.3 Å². The number of carbonyl (C=O) groups is 9. The fourth-order valence-corrected chi connectivity index (χ4v) is 4.46. The number of rotatable bonds is 26. The van der Waals surface area contributed by atoms with E-state index in [9.17, 15) is 58.5 Å². The van der Waals surface area contributed by atoms with Crippen LogP contribution in [0, 0.1) is 5.92 Å². The maximum atomic E-state index is 13.3. The molecule has 0 saturated heterocycles. The molecule has 0 aliphatic heterocycles. The third kappa shape index (κ3) is 19.3. The topological polar surface area (TPSA) is 429 Å². The highest BCUT2D eigenvalue weighted by Gasteiger charge is 2.33. The van der Waals surface area contributed by atoms with Crippen molar-refractivity contribution in [2.75, 3.05) is 19.8 Å². The van der Waals surface area contributed by atoms with Gasteiger partial charge in [-0.2, -0.15) is 0 Å². The van der Waals surface area contributed by atoms with Gasteiger partial charge in [-0.3, -0.25) is 43.3 Å². The Morgan fingerprint density at radius 1 is 0.593 bits per heavy atom. The van der Waals surface area contributed by atoms with Gasteiger partial charge in [0.15, 0.2) is 5.96 Å². The summed E-state index contributed by atoms with van der Waals surface area (Å²) in [5, 5.41) is 42.3. The number of nitrogens with two attached hydrogens (primary N) is 5. The number of guanidine groups is 1. The maximum Gasteiger partial charge on any atom is 0.326 e. The van der Waals surface area contributed by atoms with Gasteiger partial charge in [-0.25, -0.2) is 4.79 Å². The van der Waals surface area contributed by atoms with Crippen LogP contribution in [-0.4, -0.2) is 137 Å². The molecule has 8 amide bonds. The van der Waals surface area contributed by atoms with Gasteiger partial charge < -0.3 is 75.9 Å². The largest absolute Gasteiger partial charge is 0.480 e. The average molecular weight is 775 g/mol. The van der Waals surface area contributed by atoms with Gasteiger partial charge in [0.25, 0.3) is 0 Å². The Bertz CT molecular complexity index is 1370. The monoisotopic (exact) mass is 774 g/mol. The van der Waals surface area contributed by atoms with Crippen LogP contribution in [0.3, 0.4) is 0 Å². The molecule has 0 aromatic carbocycles. The van der Waals surface area contributed by atoms with E-state index in [-0.39, 0.29) is 50.5 Å². The van der Waals surface area contributed by atoms with Crippen LogP contribution < -0.4 is 60.6 Å². The Morgan fingerprint density at radius 2 is 1.06 bits per heavy atom. The lowest BCUT2D eigenvalue weighted by Gasteiger charge is -2.26. The molecule has 0 aliphatic carbocycles. The molecule has 0 fully saturated rings. The lowest BCUT2D eigenvalue weighted by molar-refractivity contribution is -0.142. The number of aliphatic hydroxyl groups excluding tert-OH is 2. The summed E-state index contributed by atoms with van der Waals surface area (Å²) >= 11 is 0. The highest BCUT2D eigenvalue weighted by Crippen LogP contribution is 2.08. The summed E-state index contributed by atoms with van der Waals surface area (Å²) in [5.74, 6) is -9.73. The number of carboxylic acid groups (broad SMARTS) is 1. The zero-order valence-electron chi connectivity index (χ0n) is 30.3. The Hall–Kier alpha value is -5.62. The molecule has 54 heavy (non-hydrogen) atoms. The molecule has 19 N–H and O–H groups in total. The van der Waals surface area contributed by atoms with E-state index in [1.54, 1.807) is 13.8 Å². The highest BCUT2D eigenvalue weighted by molar-refractivity contribution is 5.98. The molecule has 0 bridgehead atoms. The second kappa shape index (κ2) is 24.6. The summed E-state index contributed by atoms with van der Waals surface area (Å²) in [7, 11) is 0. The van der Waals surface area contributed by atoms with E-state index in [0.29, 0.717) is 0 Å². The molecule has 0 spiro atoms. The molecular formula is C30H54N12O12. The Balaban J connectivity index is 5.74. The van der Waals surface area contributed by atoms with E-state index < -0.39 is 115 Å². The summed E-state index contributed by atoms with van der Waals surface area (Å²) in [5.41, 5.74) is 26.4. The molecule has 0 radical (unpaired) electrons. The van der Waals surface area contributed by atoms with Crippen LogP contribution in [0.4, 0.5) is 0 Å². The minimum atomic E-state index is -1.80.